The average molecular weight is 289 g/mol. The van der Waals surface area contributed by atoms with Gasteiger partial charge in [-0.05, 0) is 5.92 Å². The van der Waals surface area contributed by atoms with Crippen LogP contribution in [0.3, 0.4) is 0 Å². The molecule has 0 aliphatic heterocycles. The van der Waals surface area contributed by atoms with Crippen LogP contribution >= 0.6 is 0 Å². The Morgan fingerprint density at radius 2 is 1.55 bits per heavy atom. The van der Waals surface area contributed by atoms with Crippen LogP contribution in [-0.4, -0.2) is 61.9 Å². The molecule has 0 aliphatic carbocycles. The largest absolute Gasteiger partial charge is 0.469 e. The van der Waals surface area contributed by atoms with Crippen LogP contribution in [-0.2, 0) is 19.1 Å². The number of aliphatic hydroxyl groups is 1. The molecule has 0 aromatic heterocycles. The molecule has 2 atom stereocenters. The Labute approximate surface area is 121 Å². The van der Waals surface area contributed by atoms with Gasteiger partial charge in [-0.1, -0.05) is 20.3 Å². The van der Waals surface area contributed by atoms with Gasteiger partial charge < -0.3 is 14.6 Å². The van der Waals surface area contributed by atoms with Gasteiger partial charge in [-0.15, -0.1) is 0 Å². The number of esters is 2. The van der Waals surface area contributed by atoms with Crippen molar-refractivity contribution in [3.05, 3.63) is 0 Å². The van der Waals surface area contributed by atoms with Gasteiger partial charge >= 0.3 is 11.9 Å². The topological polar surface area (TPSA) is 76.1 Å². The second-order valence-corrected chi connectivity index (χ2v) is 4.82. The number of ether oxygens (including phenoxy) is 2. The molecular formula is C14H27NO5. The highest BCUT2D eigenvalue weighted by molar-refractivity contribution is 5.70. The first-order valence-electron chi connectivity index (χ1n) is 6.98. The van der Waals surface area contributed by atoms with Gasteiger partial charge in [0.1, 0.15) is 0 Å². The monoisotopic (exact) mass is 289 g/mol. The predicted molar refractivity (Wildman–Crippen MR) is 75.2 cm³/mol. The normalized spacial score (nSPS) is 13.9. The molecule has 0 saturated heterocycles. The minimum absolute atomic E-state index is 0.00263. The van der Waals surface area contributed by atoms with E-state index in [4.69, 9.17) is 0 Å². The van der Waals surface area contributed by atoms with Crippen LogP contribution < -0.4 is 0 Å². The number of carbonyl (C=O) groups is 2. The maximum atomic E-state index is 11.3. The van der Waals surface area contributed by atoms with Crippen molar-refractivity contribution >= 4 is 11.9 Å². The fourth-order valence-electron chi connectivity index (χ4n) is 2.04. The molecule has 0 spiro atoms. The van der Waals surface area contributed by atoms with Crippen LogP contribution in [0.5, 0.6) is 0 Å². The van der Waals surface area contributed by atoms with Gasteiger partial charge in [0.05, 0.1) is 33.7 Å². The molecule has 0 radical (unpaired) electrons. The molecule has 6 nitrogen and oxygen atoms in total. The molecule has 0 saturated carbocycles. The summed E-state index contributed by atoms with van der Waals surface area (Å²) in [6.45, 7) is 5.01. The fourth-order valence-corrected chi connectivity index (χ4v) is 2.04. The van der Waals surface area contributed by atoms with Crippen molar-refractivity contribution in [1.29, 1.82) is 0 Å². The third kappa shape index (κ3) is 6.86. The van der Waals surface area contributed by atoms with E-state index in [9.17, 15) is 14.7 Å². The second-order valence-electron chi connectivity index (χ2n) is 4.82. The van der Waals surface area contributed by atoms with Gasteiger partial charge in [-0.2, -0.15) is 0 Å². The summed E-state index contributed by atoms with van der Waals surface area (Å²) in [6.07, 6.45) is 1.40. The summed E-state index contributed by atoms with van der Waals surface area (Å²) in [4.78, 5) is 24.5. The Bertz CT molecular complexity index is 275. The lowest BCUT2D eigenvalue weighted by Gasteiger charge is -2.33. The van der Waals surface area contributed by atoms with E-state index >= 15 is 0 Å². The molecular weight excluding hydrogens is 262 g/mol. The minimum atomic E-state index is -0.297. The van der Waals surface area contributed by atoms with Gasteiger partial charge in [-0.3, -0.25) is 14.5 Å². The minimum Gasteiger partial charge on any atom is -0.469 e. The number of methoxy groups -OCH3 is 2. The van der Waals surface area contributed by atoms with E-state index in [0.717, 1.165) is 6.42 Å². The van der Waals surface area contributed by atoms with Crippen molar-refractivity contribution in [1.82, 2.24) is 4.90 Å². The Balaban J connectivity index is 4.65. The van der Waals surface area contributed by atoms with E-state index in [1.54, 1.807) is 0 Å². The Kier molecular flexibility index (Phi) is 10.0. The molecule has 0 fully saturated rings. The van der Waals surface area contributed by atoms with E-state index in [1.807, 2.05) is 18.7 Å². The predicted octanol–water partition coefficient (Wildman–Crippen LogP) is 0.822. The van der Waals surface area contributed by atoms with Crippen LogP contribution in [0.1, 0.15) is 33.1 Å². The number of carbonyl (C=O) groups excluding carboxylic acids is 2. The molecule has 0 amide bonds. The molecule has 0 unspecified atom stereocenters. The van der Waals surface area contributed by atoms with Crippen molar-refractivity contribution in [2.45, 2.75) is 39.2 Å². The number of aliphatic hydroxyl groups excluding tert-OH is 1. The van der Waals surface area contributed by atoms with Crippen LogP contribution in [0.4, 0.5) is 0 Å². The van der Waals surface area contributed by atoms with Crippen LogP contribution in [0.2, 0.25) is 0 Å². The third-order valence-corrected chi connectivity index (χ3v) is 3.62. The number of rotatable bonds is 10. The zero-order valence-electron chi connectivity index (χ0n) is 12.9. The summed E-state index contributed by atoms with van der Waals surface area (Å²) in [5.74, 6) is -0.321. The molecule has 0 bridgehead atoms. The summed E-state index contributed by atoms with van der Waals surface area (Å²) in [6, 6.07) is -0.0747. The van der Waals surface area contributed by atoms with Crippen molar-refractivity contribution in [3.8, 4) is 0 Å². The lowest BCUT2D eigenvalue weighted by molar-refractivity contribution is -0.141. The lowest BCUT2D eigenvalue weighted by Crippen LogP contribution is -2.44. The van der Waals surface area contributed by atoms with E-state index in [1.165, 1.54) is 14.2 Å². The Morgan fingerprint density at radius 3 is 1.85 bits per heavy atom. The molecule has 0 aromatic rings. The second kappa shape index (κ2) is 10.6. The van der Waals surface area contributed by atoms with E-state index in [0.29, 0.717) is 13.1 Å². The van der Waals surface area contributed by atoms with Gasteiger partial charge in [0.15, 0.2) is 0 Å². The number of hydrogen-bond donors (Lipinski definition) is 1. The lowest BCUT2D eigenvalue weighted by atomic mass is 9.98. The van der Waals surface area contributed by atoms with Gasteiger partial charge in [-0.25, -0.2) is 0 Å². The molecule has 118 valence electrons. The Morgan fingerprint density at radius 1 is 1.10 bits per heavy atom. The first-order valence-corrected chi connectivity index (χ1v) is 6.98. The fraction of sp³-hybridized carbons (Fsp3) is 0.857. The summed E-state index contributed by atoms with van der Waals surface area (Å²) < 4.78 is 9.26. The van der Waals surface area contributed by atoms with Crippen LogP contribution in [0.15, 0.2) is 0 Å². The maximum Gasteiger partial charge on any atom is 0.306 e. The summed E-state index contributed by atoms with van der Waals surface area (Å²) >= 11 is 0. The highest BCUT2D eigenvalue weighted by Crippen LogP contribution is 2.15. The standard InChI is InChI=1S/C14H27NO5/c1-5-11(2)12(10-16)15(8-6-13(17)19-3)9-7-14(18)20-4/h11-12,16H,5-10H2,1-4H3/t11-,12+/m0/s1. The van der Waals surface area contributed by atoms with Crippen LogP contribution in [0, 0.1) is 5.92 Å². The van der Waals surface area contributed by atoms with Crippen molar-refractivity contribution in [2.75, 3.05) is 33.9 Å². The highest BCUT2D eigenvalue weighted by Gasteiger charge is 2.24. The van der Waals surface area contributed by atoms with Crippen molar-refractivity contribution < 1.29 is 24.2 Å². The molecule has 20 heavy (non-hydrogen) atoms. The van der Waals surface area contributed by atoms with Gasteiger partial charge in [0.25, 0.3) is 0 Å². The highest BCUT2D eigenvalue weighted by atomic mass is 16.5. The van der Waals surface area contributed by atoms with Crippen LogP contribution in [0.25, 0.3) is 0 Å². The quantitative estimate of drug-likeness (QED) is 0.600. The molecule has 0 aromatic carbocycles. The summed E-state index contributed by atoms with van der Waals surface area (Å²) in [5.41, 5.74) is 0. The van der Waals surface area contributed by atoms with Gasteiger partial charge in [0.2, 0.25) is 0 Å². The number of nitrogens with zero attached hydrogens (tertiary/aromatic N) is 1. The summed E-state index contributed by atoms with van der Waals surface area (Å²) in [5, 5.41) is 9.57. The zero-order chi connectivity index (χ0) is 15.5. The summed E-state index contributed by atoms with van der Waals surface area (Å²) in [7, 11) is 2.69. The zero-order valence-corrected chi connectivity index (χ0v) is 12.9. The molecule has 6 heteroatoms. The molecule has 0 aliphatic rings. The first kappa shape index (κ1) is 18.9. The van der Waals surface area contributed by atoms with E-state index < -0.39 is 0 Å². The third-order valence-electron chi connectivity index (χ3n) is 3.62. The molecule has 1 N–H and O–H groups in total. The van der Waals surface area contributed by atoms with E-state index in [-0.39, 0.29) is 43.3 Å². The Hall–Kier alpha value is -1.14. The maximum absolute atomic E-state index is 11.3. The molecule has 0 rings (SSSR count). The first-order chi connectivity index (χ1) is 9.49. The number of hydrogen-bond acceptors (Lipinski definition) is 6. The van der Waals surface area contributed by atoms with Crippen molar-refractivity contribution in [3.63, 3.8) is 0 Å². The van der Waals surface area contributed by atoms with Crippen molar-refractivity contribution in [2.24, 2.45) is 5.92 Å². The SMILES string of the molecule is CC[C@H](C)[C@@H](CO)N(CCC(=O)OC)CCC(=O)OC. The van der Waals surface area contributed by atoms with E-state index in [2.05, 4.69) is 9.47 Å². The van der Waals surface area contributed by atoms with Gasteiger partial charge in [0, 0.05) is 19.1 Å². The smallest absolute Gasteiger partial charge is 0.306 e. The molecule has 0 heterocycles. The average Bonchev–Trinajstić information content (AvgIpc) is 2.48.